The van der Waals surface area contributed by atoms with Crippen LogP contribution in [0.2, 0.25) is 0 Å². The normalized spacial score (nSPS) is 10.4. The van der Waals surface area contributed by atoms with E-state index in [9.17, 15) is 0 Å². The summed E-state index contributed by atoms with van der Waals surface area (Å²) in [6.45, 7) is 0. The summed E-state index contributed by atoms with van der Waals surface area (Å²) >= 11 is 0. The Balaban J connectivity index is -0.000000144. The second-order valence-corrected chi connectivity index (χ2v) is 2.58. The molecule has 0 heterocycles. The molecule has 0 saturated carbocycles. The molecule has 1 aromatic rings. The van der Waals surface area contributed by atoms with E-state index in [2.05, 4.69) is 42.5 Å². The van der Waals surface area contributed by atoms with Crippen molar-refractivity contribution in [3.63, 3.8) is 0 Å². The summed E-state index contributed by atoms with van der Waals surface area (Å²) in [4.78, 5) is 0. The average molecular weight is 317 g/mol. The molecule has 0 N–H and O–H groups in total. The maximum atomic E-state index is 3.15. The van der Waals surface area contributed by atoms with Gasteiger partial charge >= 0.3 is 18.6 Å². The van der Waals surface area contributed by atoms with Gasteiger partial charge in [0.1, 0.15) is 0 Å². The fraction of sp³-hybridized carbons (Fsp3) is 0.0833. The molecule has 0 amide bonds. The van der Waals surface area contributed by atoms with Crippen molar-refractivity contribution in [2.75, 3.05) is 0 Å². The first-order valence-electron chi connectivity index (χ1n) is 3.79. The zero-order valence-electron chi connectivity index (χ0n) is 8.92. The van der Waals surface area contributed by atoms with Gasteiger partial charge in [0.2, 0.25) is 0 Å². The van der Waals surface area contributed by atoms with E-state index in [-0.39, 0.29) is 63.2 Å². The van der Waals surface area contributed by atoms with Crippen LogP contribution in [0.4, 0.5) is 0 Å². The Morgan fingerprint density at radius 2 is 1.50 bits per heavy atom. The molecule has 0 bridgehead atoms. The van der Waals surface area contributed by atoms with Crippen LogP contribution in [0.15, 0.2) is 42.5 Å². The van der Waals surface area contributed by atoms with Crippen molar-refractivity contribution in [2.45, 2.75) is 6.42 Å². The number of rotatable bonds is 1. The standard InChI is InChI=1S/C11H9.CH3.3ClH.V/c1-2-6-10(7-3-1)11-8-4-5-9-11;;;;;/h1-3,6-9H,4H2;1H3;3*1H;/q2*-1;;;;+2. The van der Waals surface area contributed by atoms with Crippen molar-refractivity contribution >= 4 is 42.8 Å². The fourth-order valence-corrected chi connectivity index (χ4v) is 1.23. The third kappa shape index (κ3) is 6.68. The van der Waals surface area contributed by atoms with Gasteiger partial charge in [-0.1, -0.05) is 30.3 Å². The molecular weight excluding hydrogens is 301 g/mol. The van der Waals surface area contributed by atoms with Crippen LogP contribution in [0.25, 0.3) is 5.57 Å². The van der Waals surface area contributed by atoms with E-state index in [0.29, 0.717) is 0 Å². The maximum Gasteiger partial charge on any atom is 2.00 e. The fourth-order valence-electron chi connectivity index (χ4n) is 1.23. The molecule has 4 heteroatoms. The van der Waals surface area contributed by atoms with Crippen molar-refractivity contribution in [3.05, 3.63) is 61.5 Å². The van der Waals surface area contributed by atoms with E-state index in [0.717, 1.165) is 6.42 Å². The Morgan fingerprint density at radius 1 is 0.938 bits per heavy atom. The number of benzene rings is 1. The predicted octanol–water partition coefficient (Wildman–Crippen LogP) is 4.55. The molecule has 2 rings (SSSR count). The number of hydrogen-bond acceptors (Lipinski definition) is 0. The first-order chi connectivity index (χ1) is 5.47. The zero-order valence-corrected chi connectivity index (χ0v) is 12.8. The molecule has 16 heavy (non-hydrogen) atoms. The van der Waals surface area contributed by atoms with Gasteiger partial charge in [-0.15, -0.1) is 49.2 Å². The van der Waals surface area contributed by atoms with Crippen molar-refractivity contribution in [1.82, 2.24) is 0 Å². The van der Waals surface area contributed by atoms with Crippen molar-refractivity contribution in [2.24, 2.45) is 0 Å². The van der Waals surface area contributed by atoms with Gasteiger partial charge in [0.05, 0.1) is 0 Å². The molecular formula is C12H15Cl3V. The summed E-state index contributed by atoms with van der Waals surface area (Å²) in [5.74, 6) is 0. The van der Waals surface area contributed by atoms with E-state index in [4.69, 9.17) is 0 Å². The summed E-state index contributed by atoms with van der Waals surface area (Å²) in [5, 5.41) is 0. The largest absolute Gasteiger partial charge is 2.00 e. The van der Waals surface area contributed by atoms with E-state index < -0.39 is 0 Å². The molecule has 0 aliphatic heterocycles. The third-order valence-electron chi connectivity index (χ3n) is 1.80. The van der Waals surface area contributed by atoms with E-state index in [1.54, 1.807) is 0 Å². The second kappa shape index (κ2) is 13.2. The summed E-state index contributed by atoms with van der Waals surface area (Å²) in [7, 11) is 0. The Bertz CT molecular complexity index is 307. The smallest absolute Gasteiger partial charge is 0.358 e. The molecule has 0 aromatic heterocycles. The van der Waals surface area contributed by atoms with Crippen molar-refractivity contribution < 1.29 is 18.6 Å². The molecule has 1 radical (unpaired) electrons. The Morgan fingerprint density at radius 3 is 1.94 bits per heavy atom. The van der Waals surface area contributed by atoms with Crippen LogP contribution >= 0.6 is 37.2 Å². The average Bonchev–Trinajstić information content (AvgIpc) is 2.58. The molecule has 0 unspecified atom stereocenters. The van der Waals surface area contributed by atoms with Gasteiger partial charge in [-0.2, -0.15) is 11.6 Å². The predicted molar refractivity (Wildman–Crippen MR) is 75.0 cm³/mol. The van der Waals surface area contributed by atoms with Gasteiger partial charge < -0.3 is 7.43 Å². The SMILES string of the molecule is Cl.Cl.Cl.[C-]1=CC(c2ccccc2)=CC1.[CH3-].[V+2]. The van der Waals surface area contributed by atoms with Crippen LogP contribution < -0.4 is 0 Å². The second-order valence-electron chi connectivity index (χ2n) is 2.58. The number of hydrogen-bond donors (Lipinski definition) is 0. The van der Waals surface area contributed by atoms with E-state index in [1.807, 2.05) is 6.07 Å². The Hall–Kier alpha value is 0.154. The van der Waals surface area contributed by atoms with Crippen LogP contribution in [0.1, 0.15) is 12.0 Å². The van der Waals surface area contributed by atoms with Gasteiger partial charge in [-0.05, 0) is 0 Å². The van der Waals surface area contributed by atoms with Gasteiger partial charge in [0, 0.05) is 0 Å². The number of allylic oxidation sites excluding steroid dienone is 4. The Kier molecular flexibility index (Phi) is 20.8. The zero-order chi connectivity index (χ0) is 7.52. The van der Waals surface area contributed by atoms with E-state index in [1.165, 1.54) is 11.1 Å². The summed E-state index contributed by atoms with van der Waals surface area (Å²) in [6, 6.07) is 10.4. The molecule has 0 spiro atoms. The summed E-state index contributed by atoms with van der Waals surface area (Å²) in [6.07, 6.45) is 8.36. The molecule has 89 valence electrons. The first kappa shape index (κ1) is 25.1. The van der Waals surface area contributed by atoms with Gasteiger partial charge in [-0.25, -0.2) is 6.08 Å². The molecule has 0 atom stereocenters. The summed E-state index contributed by atoms with van der Waals surface area (Å²) in [5.41, 5.74) is 2.59. The van der Waals surface area contributed by atoms with Crippen molar-refractivity contribution in [1.29, 1.82) is 0 Å². The molecule has 0 nitrogen and oxygen atoms in total. The van der Waals surface area contributed by atoms with Crippen LogP contribution in [-0.2, 0) is 18.6 Å². The molecule has 1 aromatic carbocycles. The minimum atomic E-state index is 0. The summed E-state index contributed by atoms with van der Waals surface area (Å²) < 4.78 is 0. The van der Waals surface area contributed by atoms with Gasteiger partial charge in [0.25, 0.3) is 0 Å². The van der Waals surface area contributed by atoms with Gasteiger partial charge in [-0.3, -0.25) is 6.08 Å². The van der Waals surface area contributed by atoms with Crippen LogP contribution in [0.5, 0.6) is 0 Å². The topological polar surface area (TPSA) is 0 Å². The molecule has 0 saturated heterocycles. The molecule has 0 fully saturated rings. The Labute approximate surface area is 129 Å². The monoisotopic (exact) mass is 315 g/mol. The molecule has 1 aliphatic carbocycles. The molecule has 1 aliphatic rings. The minimum Gasteiger partial charge on any atom is -0.358 e. The third-order valence-corrected chi connectivity index (χ3v) is 1.80. The van der Waals surface area contributed by atoms with Crippen molar-refractivity contribution in [3.8, 4) is 0 Å². The van der Waals surface area contributed by atoms with E-state index >= 15 is 0 Å². The van der Waals surface area contributed by atoms with Crippen LogP contribution in [-0.4, -0.2) is 0 Å². The van der Waals surface area contributed by atoms with Crippen LogP contribution in [0.3, 0.4) is 0 Å². The number of halogens is 3. The maximum absolute atomic E-state index is 3.15. The van der Waals surface area contributed by atoms with Crippen LogP contribution in [0, 0.1) is 13.5 Å². The first-order valence-corrected chi connectivity index (χ1v) is 3.79. The quantitative estimate of drug-likeness (QED) is 0.667. The minimum absolute atomic E-state index is 0. The van der Waals surface area contributed by atoms with Gasteiger partial charge in [0.15, 0.2) is 0 Å².